The molecule has 4 heteroatoms. The van der Waals surface area contributed by atoms with Crippen LogP contribution in [0.2, 0.25) is 0 Å². The van der Waals surface area contributed by atoms with Crippen LogP contribution in [0.5, 0.6) is 0 Å². The summed E-state index contributed by atoms with van der Waals surface area (Å²) < 4.78 is 14.1. The summed E-state index contributed by atoms with van der Waals surface area (Å²) in [5.41, 5.74) is 8.15. The van der Waals surface area contributed by atoms with E-state index in [0.29, 0.717) is 16.9 Å². The van der Waals surface area contributed by atoms with Crippen molar-refractivity contribution in [3.63, 3.8) is 0 Å². The SMILES string of the molecule is CCCc1ccccc1NC(=O)c1cc(N)cc(C)c1F. The molecule has 0 aliphatic rings. The minimum atomic E-state index is -0.533. The predicted octanol–water partition coefficient (Wildman–Crippen LogP) is 3.92. The first-order chi connectivity index (χ1) is 10.0. The molecule has 0 heterocycles. The Kier molecular flexibility index (Phi) is 4.58. The molecule has 21 heavy (non-hydrogen) atoms. The van der Waals surface area contributed by atoms with E-state index in [2.05, 4.69) is 12.2 Å². The van der Waals surface area contributed by atoms with E-state index in [1.54, 1.807) is 6.92 Å². The van der Waals surface area contributed by atoms with E-state index in [1.165, 1.54) is 12.1 Å². The lowest BCUT2D eigenvalue weighted by molar-refractivity contribution is 0.102. The van der Waals surface area contributed by atoms with Gasteiger partial charge in [-0.2, -0.15) is 0 Å². The molecule has 2 aromatic rings. The second-order valence-electron chi connectivity index (χ2n) is 5.06. The van der Waals surface area contributed by atoms with Crippen LogP contribution in [0.25, 0.3) is 0 Å². The third kappa shape index (κ3) is 3.40. The number of anilines is 2. The van der Waals surface area contributed by atoms with E-state index in [-0.39, 0.29) is 5.56 Å². The van der Waals surface area contributed by atoms with E-state index in [9.17, 15) is 9.18 Å². The number of para-hydroxylation sites is 1. The Morgan fingerprint density at radius 3 is 2.71 bits per heavy atom. The molecule has 0 aromatic heterocycles. The standard InChI is InChI=1S/C17H19FN2O/c1-3-6-12-7-4-5-8-15(12)20-17(21)14-10-13(19)9-11(2)16(14)18/h4-5,7-10H,3,6,19H2,1-2H3,(H,20,21). The molecule has 0 atom stereocenters. The first-order valence-electron chi connectivity index (χ1n) is 6.97. The Bertz CT molecular complexity index is 668. The number of benzene rings is 2. The Hall–Kier alpha value is -2.36. The molecule has 0 bridgehead atoms. The maximum atomic E-state index is 14.1. The molecular weight excluding hydrogens is 267 g/mol. The van der Waals surface area contributed by atoms with E-state index >= 15 is 0 Å². The van der Waals surface area contributed by atoms with Crippen molar-refractivity contribution in [2.45, 2.75) is 26.7 Å². The zero-order chi connectivity index (χ0) is 15.4. The summed E-state index contributed by atoms with van der Waals surface area (Å²) in [6, 6.07) is 10.4. The molecule has 0 saturated heterocycles. The van der Waals surface area contributed by atoms with Crippen LogP contribution in [-0.2, 0) is 6.42 Å². The second kappa shape index (κ2) is 6.39. The van der Waals surface area contributed by atoms with Crippen molar-refractivity contribution >= 4 is 17.3 Å². The highest BCUT2D eigenvalue weighted by atomic mass is 19.1. The van der Waals surface area contributed by atoms with Crippen molar-refractivity contribution in [1.29, 1.82) is 0 Å². The number of nitrogen functional groups attached to an aromatic ring is 1. The van der Waals surface area contributed by atoms with Gasteiger partial charge in [0.2, 0.25) is 0 Å². The number of hydrogen-bond acceptors (Lipinski definition) is 2. The average Bonchev–Trinajstić information content (AvgIpc) is 2.45. The molecule has 0 aliphatic heterocycles. The molecule has 2 rings (SSSR count). The molecule has 110 valence electrons. The highest BCUT2D eigenvalue weighted by molar-refractivity contribution is 6.05. The molecule has 1 amide bonds. The first kappa shape index (κ1) is 15.0. The van der Waals surface area contributed by atoms with Gasteiger partial charge in [-0.05, 0) is 42.7 Å². The van der Waals surface area contributed by atoms with E-state index < -0.39 is 11.7 Å². The zero-order valence-electron chi connectivity index (χ0n) is 12.2. The Morgan fingerprint density at radius 1 is 1.29 bits per heavy atom. The zero-order valence-corrected chi connectivity index (χ0v) is 12.2. The first-order valence-corrected chi connectivity index (χ1v) is 6.97. The van der Waals surface area contributed by atoms with Crippen molar-refractivity contribution in [3.8, 4) is 0 Å². The summed E-state index contributed by atoms with van der Waals surface area (Å²) in [4.78, 5) is 12.3. The van der Waals surface area contributed by atoms with Gasteiger partial charge in [-0.15, -0.1) is 0 Å². The molecular formula is C17H19FN2O. The van der Waals surface area contributed by atoms with Gasteiger partial charge in [-0.25, -0.2) is 4.39 Å². The number of amides is 1. The molecule has 0 saturated carbocycles. The molecule has 0 fully saturated rings. The van der Waals surface area contributed by atoms with E-state index in [1.807, 2.05) is 24.3 Å². The van der Waals surface area contributed by atoms with Crippen LogP contribution in [0.1, 0.15) is 34.8 Å². The highest BCUT2D eigenvalue weighted by Crippen LogP contribution is 2.21. The van der Waals surface area contributed by atoms with Crippen molar-refractivity contribution in [3.05, 3.63) is 58.9 Å². The number of rotatable bonds is 4. The normalized spacial score (nSPS) is 10.4. The highest BCUT2D eigenvalue weighted by Gasteiger charge is 2.15. The van der Waals surface area contributed by atoms with Gasteiger partial charge >= 0.3 is 0 Å². The summed E-state index contributed by atoms with van der Waals surface area (Å²) in [6.45, 7) is 3.66. The minimum Gasteiger partial charge on any atom is -0.399 e. The van der Waals surface area contributed by atoms with Gasteiger partial charge in [-0.3, -0.25) is 4.79 Å². The van der Waals surface area contributed by atoms with Gasteiger partial charge < -0.3 is 11.1 Å². The Morgan fingerprint density at radius 2 is 2.00 bits per heavy atom. The van der Waals surface area contributed by atoms with Crippen LogP contribution in [0.3, 0.4) is 0 Å². The number of carbonyl (C=O) groups excluding carboxylic acids is 1. The number of aryl methyl sites for hydroxylation is 2. The smallest absolute Gasteiger partial charge is 0.258 e. The molecule has 3 nitrogen and oxygen atoms in total. The van der Waals surface area contributed by atoms with Crippen LogP contribution < -0.4 is 11.1 Å². The number of carbonyl (C=O) groups is 1. The predicted molar refractivity (Wildman–Crippen MR) is 83.9 cm³/mol. The number of nitrogens with two attached hydrogens (primary N) is 1. The molecule has 0 aliphatic carbocycles. The minimum absolute atomic E-state index is 0.0289. The van der Waals surface area contributed by atoms with Gasteiger partial charge in [0.25, 0.3) is 5.91 Å². The van der Waals surface area contributed by atoms with Crippen LogP contribution in [0.15, 0.2) is 36.4 Å². The third-order valence-electron chi connectivity index (χ3n) is 3.31. The van der Waals surface area contributed by atoms with Gasteiger partial charge in [0.15, 0.2) is 0 Å². The van der Waals surface area contributed by atoms with Gasteiger partial charge in [0.05, 0.1) is 5.56 Å². The molecule has 0 spiro atoms. The fraction of sp³-hybridized carbons (Fsp3) is 0.235. The monoisotopic (exact) mass is 286 g/mol. The fourth-order valence-corrected chi connectivity index (χ4v) is 2.28. The number of halogens is 1. The lowest BCUT2D eigenvalue weighted by Crippen LogP contribution is -2.16. The maximum Gasteiger partial charge on any atom is 0.258 e. The summed E-state index contributed by atoms with van der Waals surface area (Å²) in [5, 5.41) is 2.77. The summed E-state index contributed by atoms with van der Waals surface area (Å²) >= 11 is 0. The molecule has 2 aromatic carbocycles. The largest absolute Gasteiger partial charge is 0.399 e. The van der Waals surface area contributed by atoms with Crippen molar-refractivity contribution in [2.24, 2.45) is 0 Å². The summed E-state index contributed by atoms with van der Waals surface area (Å²) in [5.74, 6) is -1.01. The van der Waals surface area contributed by atoms with Gasteiger partial charge in [0, 0.05) is 11.4 Å². The van der Waals surface area contributed by atoms with Crippen molar-refractivity contribution in [1.82, 2.24) is 0 Å². The summed E-state index contributed by atoms with van der Waals surface area (Å²) in [6.07, 6.45) is 1.83. The number of hydrogen-bond donors (Lipinski definition) is 2. The van der Waals surface area contributed by atoms with Crippen LogP contribution >= 0.6 is 0 Å². The quantitative estimate of drug-likeness (QED) is 0.837. The lowest BCUT2D eigenvalue weighted by Gasteiger charge is -2.12. The molecule has 3 N–H and O–H groups in total. The third-order valence-corrected chi connectivity index (χ3v) is 3.31. The fourth-order valence-electron chi connectivity index (χ4n) is 2.28. The average molecular weight is 286 g/mol. The number of nitrogens with one attached hydrogen (secondary N) is 1. The van der Waals surface area contributed by atoms with E-state index in [0.717, 1.165) is 18.4 Å². The lowest BCUT2D eigenvalue weighted by atomic mass is 10.1. The van der Waals surface area contributed by atoms with Crippen molar-refractivity contribution < 1.29 is 9.18 Å². The van der Waals surface area contributed by atoms with Crippen LogP contribution in [0, 0.1) is 12.7 Å². The summed E-state index contributed by atoms with van der Waals surface area (Å²) in [7, 11) is 0. The Balaban J connectivity index is 2.31. The van der Waals surface area contributed by atoms with Crippen LogP contribution in [-0.4, -0.2) is 5.91 Å². The topological polar surface area (TPSA) is 55.1 Å². The second-order valence-corrected chi connectivity index (χ2v) is 5.06. The molecule has 0 radical (unpaired) electrons. The van der Waals surface area contributed by atoms with E-state index in [4.69, 9.17) is 5.73 Å². The maximum absolute atomic E-state index is 14.1. The van der Waals surface area contributed by atoms with Gasteiger partial charge in [-0.1, -0.05) is 31.5 Å². The Labute approximate surface area is 124 Å². The molecule has 0 unspecified atom stereocenters. The van der Waals surface area contributed by atoms with Crippen LogP contribution in [0.4, 0.5) is 15.8 Å². The van der Waals surface area contributed by atoms with Gasteiger partial charge in [0.1, 0.15) is 5.82 Å². The van der Waals surface area contributed by atoms with Crippen molar-refractivity contribution in [2.75, 3.05) is 11.1 Å².